The molecule has 6 heteroatoms. The number of carbonyl (C=O) groups excluding carboxylic acids is 1. The molecular weight excluding hydrogens is 395 g/mol. The van der Waals surface area contributed by atoms with Crippen molar-refractivity contribution in [2.45, 2.75) is 51.2 Å². The summed E-state index contributed by atoms with van der Waals surface area (Å²) in [6, 6.07) is 0. The van der Waals surface area contributed by atoms with Gasteiger partial charge >= 0.3 is 5.97 Å². The molecular formula is C16H23IN2O3. The second kappa shape index (κ2) is 5.47. The molecule has 0 aromatic carbocycles. The van der Waals surface area contributed by atoms with Gasteiger partial charge < -0.3 is 9.47 Å². The fraction of sp³-hybridized carbons (Fsp3) is 0.750. The van der Waals surface area contributed by atoms with Crippen molar-refractivity contribution in [3.05, 3.63) is 17.5 Å². The third-order valence-electron chi connectivity index (χ3n) is 4.79. The highest BCUT2D eigenvalue weighted by atomic mass is 127. The SMILES string of the molecule is CCOC(=O)C12CC(CI)(C1)OC2c1cn(C)nc1C(C)C. The normalized spacial score (nSPS) is 33.1. The average Bonchev–Trinajstić information content (AvgIpc) is 3.05. The van der Waals surface area contributed by atoms with Gasteiger partial charge in [0.25, 0.3) is 0 Å². The van der Waals surface area contributed by atoms with Gasteiger partial charge in [0, 0.05) is 23.2 Å². The zero-order valence-electron chi connectivity index (χ0n) is 13.6. The van der Waals surface area contributed by atoms with Crippen LogP contribution >= 0.6 is 22.6 Å². The van der Waals surface area contributed by atoms with Gasteiger partial charge in [-0.3, -0.25) is 9.48 Å². The van der Waals surface area contributed by atoms with E-state index in [4.69, 9.17) is 9.47 Å². The molecule has 1 aromatic heterocycles. The standard InChI is InChI=1S/C16H23IN2O3/c1-5-21-14(20)16-7-15(8-16,9-17)22-13(16)11-6-19(4)18-12(11)10(2)3/h6,10,13H,5,7-9H2,1-4H3. The number of fused-ring (bicyclic) bond motifs is 1. The van der Waals surface area contributed by atoms with Crippen LogP contribution < -0.4 is 0 Å². The van der Waals surface area contributed by atoms with Crippen LogP contribution in [0.25, 0.3) is 0 Å². The molecule has 2 bridgehead atoms. The van der Waals surface area contributed by atoms with Crippen LogP contribution in [0.15, 0.2) is 6.20 Å². The Morgan fingerprint density at radius 2 is 2.27 bits per heavy atom. The molecule has 2 aliphatic heterocycles. The molecule has 3 heterocycles. The molecule has 1 unspecified atom stereocenters. The van der Waals surface area contributed by atoms with E-state index in [-0.39, 0.29) is 17.7 Å². The van der Waals surface area contributed by atoms with Crippen molar-refractivity contribution in [3.8, 4) is 0 Å². The molecule has 0 amide bonds. The summed E-state index contributed by atoms with van der Waals surface area (Å²) < 4.78 is 14.5. The van der Waals surface area contributed by atoms with Crippen LogP contribution in [0, 0.1) is 5.41 Å². The minimum absolute atomic E-state index is 0.114. The fourth-order valence-corrected chi connectivity index (χ4v) is 4.64. The third-order valence-corrected chi connectivity index (χ3v) is 6.18. The summed E-state index contributed by atoms with van der Waals surface area (Å²) in [5.41, 5.74) is 1.39. The van der Waals surface area contributed by atoms with E-state index in [1.807, 2.05) is 24.9 Å². The topological polar surface area (TPSA) is 53.4 Å². The van der Waals surface area contributed by atoms with Crippen LogP contribution in [0.4, 0.5) is 0 Å². The van der Waals surface area contributed by atoms with Crippen molar-refractivity contribution < 1.29 is 14.3 Å². The number of esters is 1. The summed E-state index contributed by atoms with van der Waals surface area (Å²) in [5, 5.41) is 4.58. The Balaban J connectivity index is 2.00. The van der Waals surface area contributed by atoms with Crippen LogP contribution in [-0.2, 0) is 21.3 Å². The highest BCUT2D eigenvalue weighted by Crippen LogP contribution is 2.68. The summed E-state index contributed by atoms with van der Waals surface area (Å²) in [5.74, 6) is 0.184. The van der Waals surface area contributed by atoms with Gasteiger partial charge in [0.15, 0.2) is 0 Å². The Morgan fingerprint density at radius 3 is 2.82 bits per heavy atom. The summed E-state index contributed by atoms with van der Waals surface area (Å²) in [6.45, 7) is 6.51. The van der Waals surface area contributed by atoms with E-state index < -0.39 is 5.41 Å². The maximum Gasteiger partial charge on any atom is 0.315 e. The second-order valence-corrected chi connectivity index (χ2v) is 7.61. The van der Waals surface area contributed by atoms with Crippen molar-refractivity contribution in [2.24, 2.45) is 12.5 Å². The minimum Gasteiger partial charge on any atom is -0.465 e. The molecule has 2 saturated heterocycles. The van der Waals surface area contributed by atoms with Crippen LogP contribution in [0.1, 0.15) is 56.9 Å². The number of nitrogens with zero attached hydrogens (tertiary/aromatic N) is 2. The summed E-state index contributed by atoms with van der Waals surface area (Å²) in [7, 11) is 1.92. The lowest BCUT2D eigenvalue weighted by Crippen LogP contribution is -2.50. The van der Waals surface area contributed by atoms with E-state index in [1.54, 1.807) is 0 Å². The Bertz CT molecular complexity index is 590. The molecule has 22 heavy (non-hydrogen) atoms. The van der Waals surface area contributed by atoms with Gasteiger partial charge in [0.05, 0.1) is 17.9 Å². The third kappa shape index (κ3) is 2.21. The first-order valence-corrected chi connectivity index (χ1v) is 9.34. The van der Waals surface area contributed by atoms with Crippen molar-refractivity contribution in [1.29, 1.82) is 0 Å². The zero-order chi connectivity index (χ0) is 16.1. The Hall–Kier alpha value is -0.630. The number of hydrogen-bond donors (Lipinski definition) is 0. The van der Waals surface area contributed by atoms with Crippen molar-refractivity contribution in [3.63, 3.8) is 0 Å². The number of hydrogen-bond acceptors (Lipinski definition) is 4. The molecule has 1 atom stereocenters. The highest BCUT2D eigenvalue weighted by Gasteiger charge is 2.72. The molecule has 0 radical (unpaired) electrons. The number of aryl methyl sites for hydroxylation is 1. The monoisotopic (exact) mass is 418 g/mol. The van der Waals surface area contributed by atoms with Crippen molar-refractivity contribution in [2.75, 3.05) is 11.0 Å². The van der Waals surface area contributed by atoms with Gasteiger partial charge in [-0.15, -0.1) is 0 Å². The molecule has 4 rings (SSSR count). The fourth-order valence-electron chi connectivity index (χ4n) is 3.92. The molecule has 1 aliphatic carbocycles. The molecule has 3 fully saturated rings. The van der Waals surface area contributed by atoms with Gasteiger partial charge in [-0.25, -0.2) is 0 Å². The summed E-state index contributed by atoms with van der Waals surface area (Å²) in [4.78, 5) is 12.6. The second-order valence-electron chi connectivity index (χ2n) is 6.84. The van der Waals surface area contributed by atoms with Gasteiger partial charge in [0.2, 0.25) is 0 Å². The maximum atomic E-state index is 12.6. The number of ether oxygens (including phenoxy) is 2. The Morgan fingerprint density at radius 1 is 1.59 bits per heavy atom. The predicted octanol–water partition coefficient (Wildman–Crippen LogP) is 3.13. The molecule has 1 saturated carbocycles. The Labute approximate surface area is 144 Å². The van der Waals surface area contributed by atoms with E-state index in [9.17, 15) is 4.79 Å². The lowest BCUT2D eigenvalue weighted by Gasteiger charge is -2.42. The number of alkyl halides is 1. The molecule has 122 valence electrons. The molecule has 5 nitrogen and oxygen atoms in total. The first-order valence-electron chi connectivity index (χ1n) is 7.82. The lowest BCUT2D eigenvalue weighted by molar-refractivity contribution is -0.161. The predicted molar refractivity (Wildman–Crippen MR) is 91.0 cm³/mol. The molecule has 3 aliphatic rings. The summed E-state index contributed by atoms with van der Waals surface area (Å²) >= 11 is 2.35. The van der Waals surface area contributed by atoms with E-state index in [1.165, 1.54) is 0 Å². The summed E-state index contributed by atoms with van der Waals surface area (Å²) in [6.07, 6.45) is 3.30. The number of halogens is 1. The average molecular weight is 418 g/mol. The molecule has 1 aromatic rings. The van der Waals surface area contributed by atoms with E-state index in [2.05, 4.69) is 41.5 Å². The highest BCUT2D eigenvalue weighted by molar-refractivity contribution is 14.1. The van der Waals surface area contributed by atoms with Gasteiger partial charge in [-0.05, 0) is 25.7 Å². The van der Waals surface area contributed by atoms with E-state index in [0.29, 0.717) is 12.5 Å². The minimum atomic E-state index is -0.520. The maximum absolute atomic E-state index is 12.6. The quantitative estimate of drug-likeness (QED) is 0.419. The Kier molecular flexibility index (Phi) is 4.04. The van der Waals surface area contributed by atoms with Gasteiger partial charge in [0.1, 0.15) is 11.5 Å². The van der Waals surface area contributed by atoms with Crippen molar-refractivity contribution in [1.82, 2.24) is 9.78 Å². The lowest BCUT2D eigenvalue weighted by atomic mass is 9.59. The largest absolute Gasteiger partial charge is 0.465 e. The van der Waals surface area contributed by atoms with E-state index >= 15 is 0 Å². The van der Waals surface area contributed by atoms with Crippen LogP contribution in [0.5, 0.6) is 0 Å². The first-order chi connectivity index (χ1) is 10.4. The zero-order valence-corrected chi connectivity index (χ0v) is 15.7. The van der Waals surface area contributed by atoms with Crippen LogP contribution in [-0.4, -0.2) is 32.4 Å². The molecule has 0 N–H and O–H groups in total. The van der Waals surface area contributed by atoms with Gasteiger partial charge in [-0.1, -0.05) is 36.4 Å². The number of rotatable bonds is 5. The smallest absolute Gasteiger partial charge is 0.315 e. The number of carbonyl (C=O) groups is 1. The number of aromatic nitrogens is 2. The van der Waals surface area contributed by atoms with Crippen LogP contribution in [0.2, 0.25) is 0 Å². The van der Waals surface area contributed by atoms with Crippen molar-refractivity contribution >= 4 is 28.6 Å². The van der Waals surface area contributed by atoms with Crippen LogP contribution in [0.3, 0.4) is 0 Å². The van der Waals surface area contributed by atoms with E-state index in [0.717, 1.165) is 28.5 Å². The molecule has 0 spiro atoms. The van der Waals surface area contributed by atoms with Gasteiger partial charge in [-0.2, -0.15) is 5.10 Å². The first kappa shape index (κ1) is 16.2.